The second kappa shape index (κ2) is 9.66. The van der Waals surface area contributed by atoms with Crippen LogP contribution in [0.2, 0.25) is 10.0 Å². The molecule has 1 heterocycles. The van der Waals surface area contributed by atoms with Crippen molar-refractivity contribution < 1.29 is 13.9 Å². The van der Waals surface area contributed by atoms with Gasteiger partial charge in [0.15, 0.2) is 0 Å². The number of hydrogen-bond donors (Lipinski definition) is 1. The van der Waals surface area contributed by atoms with Gasteiger partial charge in [-0.3, -0.25) is 0 Å². The first kappa shape index (κ1) is 22.4. The van der Waals surface area contributed by atoms with Crippen molar-refractivity contribution in [1.82, 2.24) is 14.8 Å². The topological polar surface area (TPSA) is 50.9 Å². The van der Waals surface area contributed by atoms with Crippen LogP contribution >= 0.6 is 44.8 Å². The number of benzene rings is 2. The van der Waals surface area contributed by atoms with Crippen LogP contribution in [-0.4, -0.2) is 25.1 Å². The summed E-state index contributed by atoms with van der Waals surface area (Å²) in [5.41, 5.74) is -0.961. The van der Waals surface area contributed by atoms with Crippen LogP contribution in [0.5, 0.6) is 0 Å². The molecule has 1 aromatic heterocycles. The lowest BCUT2D eigenvalue weighted by atomic mass is 9.90. The van der Waals surface area contributed by atoms with Crippen molar-refractivity contribution in [3.63, 3.8) is 0 Å². The molecule has 10 heteroatoms. The minimum atomic E-state index is -1.72. The Hall–Kier alpha value is -1.32. The number of aromatic nitrogens is 3. The maximum absolute atomic E-state index is 14.5. The summed E-state index contributed by atoms with van der Waals surface area (Å²) in [4.78, 5) is 3.85. The molecule has 2 aromatic carbocycles. The van der Waals surface area contributed by atoms with E-state index in [1.165, 1.54) is 38.9 Å². The third kappa shape index (κ3) is 5.44. The van der Waals surface area contributed by atoms with Gasteiger partial charge in [-0.25, -0.2) is 18.4 Å². The molecule has 0 fully saturated rings. The first-order valence-corrected chi connectivity index (χ1v) is 11.7. The molecule has 3 rings (SSSR count). The summed E-state index contributed by atoms with van der Waals surface area (Å²) in [7, 11) is 2.79. The Morgan fingerprint density at radius 1 is 1.21 bits per heavy atom. The fourth-order valence-electron chi connectivity index (χ4n) is 2.74. The molecule has 0 amide bonds. The smallest absolute Gasteiger partial charge is 0.137 e. The summed E-state index contributed by atoms with van der Waals surface area (Å²) in [6.07, 6.45) is 2.73. The normalized spacial score (nSPS) is 14.6. The summed E-state index contributed by atoms with van der Waals surface area (Å²) in [5, 5.41) is 16.0. The van der Waals surface area contributed by atoms with Crippen molar-refractivity contribution in [2.45, 2.75) is 30.1 Å². The van der Waals surface area contributed by atoms with Crippen LogP contribution in [0.25, 0.3) is 0 Å². The van der Waals surface area contributed by atoms with Crippen LogP contribution in [0.4, 0.5) is 8.78 Å². The first-order chi connectivity index (χ1) is 13.8. The van der Waals surface area contributed by atoms with E-state index in [1.807, 2.05) is 6.07 Å². The largest absolute Gasteiger partial charge is 0.382 e. The molecule has 154 valence electrons. The second-order valence-corrected chi connectivity index (χ2v) is 9.93. The predicted octanol–water partition coefficient (Wildman–Crippen LogP) is 5.72. The summed E-state index contributed by atoms with van der Waals surface area (Å²) < 4.78 is 29.7. The molecular weight excluding hydrogens is 459 g/mol. The lowest BCUT2D eigenvalue weighted by molar-refractivity contribution is 0.0134. The van der Waals surface area contributed by atoms with E-state index >= 15 is 0 Å². The SMILES string of the molecule is C[C@@H](SSCc1ccc(Cl)cc1Cl)[C@](O)(Cn1cncn1)c1cc(F)ccc1F. The van der Waals surface area contributed by atoms with E-state index in [0.717, 1.165) is 23.8 Å². The van der Waals surface area contributed by atoms with E-state index in [1.54, 1.807) is 19.1 Å². The highest BCUT2D eigenvalue weighted by molar-refractivity contribution is 8.76. The fourth-order valence-corrected chi connectivity index (χ4v) is 5.98. The average Bonchev–Trinajstić information content (AvgIpc) is 3.18. The van der Waals surface area contributed by atoms with Gasteiger partial charge in [-0.05, 0) is 42.8 Å². The van der Waals surface area contributed by atoms with Crippen LogP contribution in [0.15, 0.2) is 49.1 Å². The Bertz CT molecular complexity index is 978. The van der Waals surface area contributed by atoms with E-state index in [-0.39, 0.29) is 12.1 Å². The van der Waals surface area contributed by atoms with Gasteiger partial charge in [0.2, 0.25) is 0 Å². The van der Waals surface area contributed by atoms with Crippen molar-refractivity contribution in [3.8, 4) is 0 Å². The minimum absolute atomic E-state index is 0.0796. The molecule has 29 heavy (non-hydrogen) atoms. The molecule has 0 saturated carbocycles. The van der Waals surface area contributed by atoms with Gasteiger partial charge in [0.05, 0.1) is 6.54 Å². The van der Waals surface area contributed by atoms with Crippen molar-refractivity contribution in [2.75, 3.05) is 0 Å². The number of aliphatic hydroxyl groups is 1. The van der Waals surface area contributed by atoms with Crippen molar-refractivity contribution in [2.24, 2.45) is 0 Å². The van der Waals surface area contributed by atoms with E-state index in [9.17, 15) is 13.9 Å². The highest BCUT2D eigenvalue weighted by Crippen LogP contribution is 2.42. The molecule has 4 nitrogen and oxygen atoms in total. The molecule has 3 aromatic rings. The molecular formula is C19H17Cl2F2N3OS2. The molecule has 0 saturated heterocycles. The zero-order valence-electron chi connectivity index (χ0n) is 15.2. The Morgan fingerprint density at radius 3 is 2.69 bits per heavy atom. The lowest BCUT2D eigenvalue weighted by Gasteiger charge is -2.34. The van der Waals surface area contributed by atoms with Gasteiger partial charge < -0.3 is 5.11 Å². The van der Waals surface area contributed by atoms with Crippen LogP contribution in [0.3, 0.4) is 0 Å². The zero-order valence-corrected chi connectivity index (χ0v) is 18.4. The number of halogens is 4. The standard InChI is InChI=1S/C19H17Cl2F2N3OS2/c1-12(29-28-8-13-2-3-14(20)6-17(13)21)19(27,9-26-11-24-10-25-26)16-7-15(22)4-5-18(16)23/h2-7,10-12,27H,8-9H2,1H3/t12-,19-/m1/s1. The van der Waals surface area contributed by atoms with Crippen LogP contribution < -0.4 is 0 Å². The quantitative estimate of drug-likeness (QED) is 0.422. The third-order valence-electron chi connectivity index (χ3n) is 4.38. The highest BCUT2D eigenvalue weighted by atomic mass is 35.5. The van der Waals surface area contributed by atoms with Crippen molar-refractivity contribution in [1.29, 1.82) is 0 Å². The van der Waals surface area contributed by atoms with Gasteiger partial charge in [-0.15, -0.1) is 0 Å². The first-order valence-electron chi connectivity index (χ1n) is 8.52. The van der Waals surface area contributed by atoms with Gasteiger partial charge in [-0.2, -0.15) is 5.10 Å². The Kier molecular flexibility index (Phi) is 7.45. The maximum atomic E-state index is 14.5. The Morgan fingerprint density at radius 2 is 2.00 bits per heavy atom. The summed E-state index contributed by atoms with van der Waals surface area (Å²) in [6.45, 7) is 1.67. The summed E-state index contributed by atoms with van der Waals surface area (Å²) in [5.74, 6) is -0.765. The van der Waals surface area contributed by atoms with E-state index < -0.39 is 22.5 Å². The number of rotatable bonds is 8. The van der Waals surface area contributed by atoms with Crippen LogP contribution in [0.1, 0.15) is 18.1 Å². The average molecular weight is 476 g/mol. The zero-order chi connectivity index (χ0) is 21.0. The van der Waals surface area contributed by atoms with E-state index in [0.29, 0.717) is 15.8 Å². The lowest BCUT2D eigenvalue weighted by Crippen LogP contribution is -2.41. The molecule has 0 unspecified atom stereocenters. The minimum Gasteiger partial charge on any atom is -0.382 e. The maximum Gasteiger partial charge on any atom is 0.137 e. The molecule has 0 radical (unpaired) electrons. The Balaban J connectivity index is 1.80. The molecule has 0 aliphatic heterocycles. The summed E-state index contributed by atoms with van der Waals surface area (Å²) >= 11 is 12.1. The number of nitrogens with zero attached hydrogens (tertiary/aromatic N) is 3. The number of hydrogen-bond acceptors (Lipinski definition) is 5. The van der Waals surface area contributed by atoms with Gasteiger partial charge in [0, 0.05) is 26.6 Å². The van der Waals surface area contributed by atoms with Gasteiger partial charge >= 0.3 is 0 Å². The third-order valence-corrected chi connectivity index (χ3v) is 7.84. The molecule has 0 bridgehead atoms. The molecule has 0 aliphatic rings. The molecule has 2 atom stereocenters. The Labute approximate surface area is 185 Å². The van der Waals surface area contributed by atoms with Crippen LogP contribution in [-0.2, 0) is 17.9 Å². The molecule has 0 spiro atoms. The van der Waals surface area contributed by atoms with Crippen molar-refractivity contribution in [3.05, 3.63) is 81.9 Å². The second-order valence-electron chi connectivity index (χ2n) is 6.38. The monoisotopic (exact) mass is 475 g/mol. The molecule has 1 N–H and O–H groups in total. The van der Waals surface area contributed by atoms with Crippen molar-refractivity contribution >= 4 is 44.8 Å². The van der Waals surface area contributed by atoms with Crippen LogP contribution in [0, 0.1) is 11.6 Å². The fraction of sp³-hybridized carbons (Fsp3) is 0.263. The summed E-state index contributed by atoms with van der Waals surface area (Å²) in [6, 6.07) is 8.29. The highest BCUT2D eigenvalue weighted by Gasteiger charge is 2.40. The predicted molar refractivity (Wildman–Crippen MR) is 115 cm³/mol. The van der Waals surface area contributed by atoms with E-state index in [2.05, 4.69) is 10.1 Å². The van der Waals surface area contributed by atoms with Gasteiger partial charge in [0.25, 0.3) is 0 Å². The van der Waals surface area contributed by atoms with E-state index in [4.69, 9.17) is 23.2 Å². The van der Waals surface area contributed by atoms with Gasteiger partial charge in [-0.1, -0.05) is 50.9 Å². The molecule has 0 aliphatic carbocycles. The van der Waals surface area contributed by atoms with Gasteiger partial charge in [0.1, 0.15) is 29.9 Å².